The van der Waals surface area contributed by atoms with Crippen molar-refractivity contribution in [3.8, 4) is 17.2 Å². The van der Waals surface area contributed by atoms with E-state index >= 15 is 0 Å². The van der Waals surface area contributed by atoms with Crippen LogP contribution in [0.25, 0.3) is 5.70 Å². The number of ether oxygens (including phenoxy) is 3. The number of nitrogens with one attached hydrogen (secondary N) is 2. The molecule has 3 rings (SSSR count). The number of nitro groups is 1. The molecule has 1 atom stereocenters. The molecule has 1 unspecified atom stereocenters. The normalized spacial score (nSPS) is 15.6. The van der Waals surface area contributed by atoms with Crippen molar-refractivity contribution in [1.29, 1.82) is 0 Å². The van der Waals surface area contributed by atoms with E-state index < -0.39 is 34.4 Å². The third-order valence-electron chi connectivity index (χ3n) is 4.69. The van der Waals surface area contributed by atoms with Crippen LogP contribution in [0.15, 0.2) is 42.0 Å². The molecule has 0 spiro atoms. The smallest absolute Gasteiger partial charge is 0.338 e. The number of aromatic hydroxyl groups is 1. The fourth-order valence-electron chi connectivity index (χ4n) is 3.21. The molecule has 31 heavy (non-hydrogen) atoms. The van der Waals surface area contributed by atoms with Crippen LogP contribution in [-0.2, 0) is 9.53 Å². The molecule has 0 saturated carbocycles. The Kier molecular flexibility index (Phi) is 5.95. The predicted octanol–water partition coefficient (Wildman–Crippen LogP) is 2.26. The molecule has 1 heterocycles. The summed E-state index contributed by atoms with van der Waals surface area (Å²) < 4.78 is 15.0. The Morgan fingerprint density at radius 2 is 1.81 bits per heavy atom. The highest BCUT2D eigenvalue weighted by atomic mass is 16.6. The number of carbonyl (C=O) groups is 2. The first-order chi connectivity index (χ1) is 14.8. The van der Waals surface area contributed by atoms with E-state index in [0.717, 1.165) is 19.2 Å². The summed E-state index contributed by atoms with van der Waals surface area (Å²) in [7, 11) is 3.88. The molecule has 0 bridgehead atoms. The zero-order valence-corrected chi connectivity index (χ0v) is 16.8. The number of carbonyl (C=O) groups excluding carboxylic acids is 2. The Labute approximate surface area is 176 Å². The Morgan fingerprint density at radius 1 is 1.13 bits per heavy atom. The summed E-state index contributed by atoms with van der Waals surface area (Å²) in [6, 6.07) is 6.65. The minimum absolute atomic E-state index is 0.0647. The number of methoxy groups -OCH3 is 3. The molecule has 11 heteroatoms. The maximum Gasteiger partial charge on any atom is 0.338 e. The monoisotopic (exact) mass is 429 g/mol. The van der Waals surface area contributed by atoms with Crippen molar-refractivity contribution in [3.63, 3.8) is 0 Å². The first kappa shape index (κ1) is 21.4. The minimum atomic E-state index is -1.26. The van der Waals surface area contributed by atoms with Crippen molar-refractivity contribution in [2.24, 2.45) is 0 Å². The number of benzene rings is 2. The molecule has 2 aromatic rings. The number of urea groups is 1. The fourth-order valence-corrected chi connectivity index (χ4v) is 3.21. The van der Waals surface area contributed by atoms with Crippen molar-refractivity contribution in [2.75, 3.05) is 21.3 Å². The van der Waals surface area contributed by atoms with Gasteiger partial charge >= 0.3 is 12.0 Å². The highest BCUT2D eigenvalue weighted by Crippen LogP contribution is 2.42. The van der Waals surface area contributed by atoms with Gasteiger partial charge in [-0.05, 0) is 29.8 Å². The van der Waals surface area contributed by atoms with E-state index in [0.29, 0.717) is 11.3 Å². The van der Waals surface area contributed by atoms with Gasteiger partial charge in [0, 0.05) is 11.6 Å². The molecule has 1 aliphatic rings. The van der Waals surface area contributed by atoms with Crippen LogP contribution < -0.4 is 20.1 Å². The number of nitrogens with zero attached hydrogens (tertiary/aromatic N) is 1. The first-order valence-corrected chi connectivity index (χ1v) is 8.90. The lowest BCUT2D eigenvalue weighted by Gasteiger charge is -2.29. The molecule has 2 aromatic carbocycles. The summed E-state index contributed by atoms with van der Waals surface area (Å²) >= 11 is 0. The van der Waals surface area contributed by atoms with Crippen LogP contribution in [0.4, 0.5) is 10.5 Å². The Hall–Kier alpha value is -4.28. The number of hydrogen-bond donors (Lipinski definition) is 3. The molecule has 0 radical (unpaired) electrons. The van der Waals surface area contributed by atoms with E-state index in [9.17, 15) is 24.8 Å². The first-order valence-electron chi connectivity index (χ1n) is 8.90. The minimum Gasteiger partial charge on any atom is -0.504 e. The largest absolute Gasteiger partial charge is 0.504 e. The molecule has 162 valence electrons. The maximum atomic E-state index is 12.7. The number of phenolic OH excluding ortho intramolecular Hbond substituents is 1. The van der Waals surface area contributed by atoms with E-state index in [4.69, 9.17) is 14.2 Å². The lowest BCUT2D eigenvalue weighted by Crippen LogP contribution is -2.45. The second-order valence-corrected chi connectivity index (χ2v) is 6.38. The van der Waals surface area contributed by atoms with Gasteiger partial charge in [-0.3, -0.25) is 10.1 Å². The number of hydrogen-bond acceptors (Lipinski definition) is 8. The predicted molar refractivity (Wildman–Crippen MR) is 108 cm³/mol. The number of amides is 2. The molecule has 11 nitrogen and oxygen atoms in total. The molecule has 0 saturated heterocycles. The van der Waals surface area contributed by atoms with Crippen molar-refractivity contribution in [2.45, 2.75) is 6.04 Å². The fraction of sp³-hybridized carbons (Fsp3) is 0.200. The van der Waals surface area contributed by atoms with Crippen LogP contribution in [0.5, 0.6) is 17.2 Å². The summed E-state index contributed by atoms with van der Waals surface area (Å²) in [4.78, 5) is 35.8. The summed E-state index contributed by atoms with van der Waals surface area (Å²) in [5, 5.41) is 27.0. The second-order valence-electron chi connectivity index (χ2n) is 6.38. The Balaban J connectivity index is 2.27. The van der Waals surface area contributed by atoms with Gasteiger partial charge in [-0.2, -0.15) is 0 Å². The number of non-ortho nitro benzene ring substituents is 1. The number of esters is 1. The van der Waals surface area contributed by atoms with Crippen LogP contribution in [0, 0.1) is 10.1 Å². The Morgan fingerprint density at radius 3 is 2.35 bits per heavy atom. The maximum absolute atomic E-state index is 12.7. The molecule has 0 aliphatic carbocycles. The average Bonchev–Trinajstić information content (AvgIpc) is 2.78. The number of phenols is 1. The molecular weight excluding hydrogens is 410 g/mol. The van der Waals surface area contributed by atoms with Gasteiger partial charge in [0.2, 0.25) is 0 Å². The highest BCUT2D eigenvalue weighted by molar-refractivity contribution is 6.04. The topological polar surface area (TPSA) is 149 Å². The van der Waals surface area contributed by atoms with Crippen molar-refractivity contribution in [1.82, 2.24) is 10.6 Å². The second kappa shape index (κ2) is 8.61. The van der Waals surface area contributed by atoms with Crippen LogP contribution in [0.1, 0.15) is 17.2 Å². The lowest BCUT2D eigenvalue weighted by molar-refractivity contribution is -0.385. The van der Waals surface area contributed by atoms with Gasteiger partial charge in [-0.1, -0.05) is 0 Å². The molecule has 0 fully saturated rings. The van der Waals surface area contributed by atoms with Gasteiger partial charge in [-0.15, -0.1) is 0 Å². The zero-order valence-electron chi connectivity index (χ0n) is 16.8. The molecule has 3 N–H and O–H groups in total. The summed E-state index contributed by atoms with van der Waals surface area (Å²) in [6.45, 7) is 0. The van der Waals surface area contributed by atoms with Crippen LogP contribution >= 0.6 is 0 Å². The number of rotatable bonds is 6. The number of nitro benzene ring substituents is 1. The summed E-state index contributed by atoms with van der Waals surface area (Å²) in [5.41, 5.74) is 0.0103. The van der Waals surface area contributed by atoms with E-state index in [1.165, 1.54) is 14.2 Å². The van der Waals surface area contributed by atoms with Gasteiger partial charge < -0.3 is 30.0 Å². The SMILES string of the molecule is COC(=O)C1=C(c2ccc(OC)cc2)NC(=O)NC1c1cc([N+](=O)[O-])cc(OC)c1O. The van der Waals surface area contributed by atoms with Gasteiger partial charge in [0.1, 0.15) is 5.75 Å². The van der Waals surface area contributed by atoms with Crippen molar-refractivity contribution in [3.05, 3.63) is 63.2 Å². The lowest BCUT2D eigenvalue weighted by atomic mass is 9.91. The van der Waals surface area contributed by atoms with E-state index in [1.807, 2.05) is 0 Å². The third kappa shape index (κ3) is 4.06. The van der Waals surface area contributed by atoms with Crippen molar-refractivity contribution >= 4 is 23.4 Å². The van der Waals surface area contributed by atoms with Crippen molar-refractivity contribution < 1.29 is 33.8 Å². The standard InChI is InChI=1S/C20H19N3O8/c1-29-12-6-4-10(5-7-12)16-15(19(25)31-3)17(22-20(26)21-16)13-8-11(23(27)28)9-14(30-2)18(13)24/h4-9,17,24H,1-3H3,(H2,21,22,26). The van der Waals surface area contributed by atoms with Gasteiger partial charge in [-0.25, -0.2) is 9.59 Å². The molecule has 0 aromatic heterocycles. The van der Waals surface area contributed by atoms with Crippen LogP contribution in [-0.4, -0.2) is 43.4 Å². The van der Waals surface area contributed by atoms with Gasteiger partial charge in [0.05, 0.1) is 49.6 Å². The summed E-state index contributed by atoms with van der Waals surface area (Å²) in [6.07, 6.45) is 0. The van der Waals surface area contributed by atoms with Crippen LogP contribution in [0.3, 0.4) is 0 Å². The van der Waals surface area contributed by atoms with Crippen LogP contribution in [0.2, 0.25) is 0 Å². The van der Waals surface area contributed by atoms with E-state index in [2.05, 4.69) is 10.6 Å². The molecular formula is C20H19N3O8. The molecule has 2 amide bonds. The van der Waals surface area contributed by atoms with E-state index in [1.54, 1.807) is 24.3 Å². The van der Waals surface area contributed by atoms with Gasteiger partial charge in [0.25, 0.3) is 5.69 Å². The van der Waals surface area contributed by atoms with Gasteiger partial charge in [0.15, 0.2) is 11.5 Å². The Bertz CT molecular complexity index is 1080. The van der Waals surface area contributed by atoms with E-state index in [-0.39, 0.29) is 22.6 Å². The quantitative estimate of drug-likeness (QED) is 0.360. The summed E-state index contributed by atoms with van der Waals surface area (Å²) in [5.74, 6) is -0.905. The average molecular weight is 429 g/mol. The molecule has 1 aliphatic heterocycles. The third-order valence-corrected chi connectivity index (χ3v) is 4.69. The highest BCUT2D eigenvalue weighted by Gasteiger charge is 2.37. The zero-order chi connectivity index (χ0) is 22.7.